The number of aromatic nitrogens is 3. The Morgan fingerprint density at radius 3 is 1.85 bits per heavy atom. The molecule has 0 atom stereocenters. The summed E-state index contributed by atoms with van der Waals surface area (Å²) in [6.07, 6.45) is 1.92. The van der Waals surface area contributed by atoms with E-state index in [-0.39, 0.29) is 0 Å². The minimum absolute atomic E-state index is 0.920. The van der Waals surface area contributed by atoms with E-state index >= 15 is 0 Å². The number of hydrogen-bond donors (Lipinski definition) is 0. The summed E-state index contributed by atoms with van der Waals surface area (Å²) in [5.74, 6) is 0.920. The maximum atomic E-state index is 4.88. The molecule has 0 fully saturated rings. The van der Waals surface area contributed by atoms with Crippen LogP contribution in [0.25, 0.3) is 76.8 Å². The van der Waals surface area contributed by atoms with E-state index in [1.54, 1.807) is 0 Å². The molecular formula is C37H23N3. The van der Waals surface area contributed by atoms with Crippen molar-refractivity contribution in [1.29, 1.82) is 0 Å². The number of nitrogens with zero attached hydrogens (tertiary/aromatic N) is 3. The fourth-order valence-corrected chi connectivity index (χ4v) is 6.56. The van der Waals surface area contributed by atoms with Crippen LogP contribution < -0.4 is 0 Å². The van der Waals surface area contributed by atoms with Crippen molar-refractivity contribution in [3.8, 4) is 16.9 Å². The van der Waals surface area contributed by atoms with Crippen LogP contribution in [0.5, 0.6) is 0 Å². The van der Waals surface area contributed by atoms with Gasteiger partial charge in [-0.25, -0.2) is 4.98 Å². The lowest BCUT2D eigenvalue weighted by Gasteiger charge is -2.11. The number of pyridine rings is 2. The summed E-state index contributed by atoms with van der Waals surface area (Å²) in [4.78, 5) is 4.88. The van der Waals surface area contributed by atoms with Crippen LogP contribution in [0.4, 0.5) is 0 Å². The van der Waals surface area contributed by atoms with Gasteiger partial charge < -0.3 is 4.40 Å². The molecule has 4 aromatic heterocycles. The number of para-hydroxylation sites is 2. The maximum Gasteiger partial charge on any atom is 0.138 e. The zero-order chi connectivity index (χ0) is 26.2. The Morgan fingerprint density at radius 2 is 1.05 bits per heavy atom. The minimum Gasteiger partial charge on any atom is -0.309 e. The van der Waals surface area contributed by atoms with Crippen LogP contribution in [-0.2, 0) is 0 Å². The molecule has 0 saturated heterocycles. The van der Waals surface area contributed by atoms with Crippen LogP contribution in [-0.4, -0.2) is 14.0 Å². The van der Waals surface area contributed by atoms with Crippen molar-refractivity contribution in [2.45, 2.75) is 0 Å². The van der Waals surface area contributed by atoms with E-state index in [1.807, 2.05) is 6.20 Å². The molecule has 5 aromatic carbocycles. The second-order valence-corrected chi connectivity index (χ2v) is 10.5. The number of hydrogen-bond acceptors (Lipinski definition) is 1. The van der Waals surface area contributed by atoms with Crippen LogP contribution in [0.3, 0.4) is 0 Å². The third kappa shape index (κ3) is 2.92. The lowest BCUT2D eigenvalue weighted by molar-refractivity contribution is 1.08. The van der Waals surface area contributed by atoms with Gasteiger partial charge in [0.1, 0.15) is 5.82 Å². The zero-order valence-corrected chi connectivity index (χ0v) is 21.6. The van der Waals surface area contributed by atoms with Gasteiger partial charge in [0.05, 0.1) is 27.6 Å². The van der Waals surface area contributed by atoms with E-state index in [0.29, 0.717) is 0 Å². The molecular weight excluding hydrogens is 486 g/mol. The van der Waals surface area contributed by atoms with E-state index in [4.69, 9.17) is 4.98 Å². The zero-order valence-electron chi connectivity index (χ0n) is 21.6. The van der Waals surface area contributed by atoms with Crippen molar-refractivity contribution in [1.82, 2.24) is 14.0 Å². The first-order valence-electron chi connectivity index (χ1n) is 13.6. The average molecular weight is 510 g/mol. The van der Waals surface area contributed by atoms with Crippen molar-refractivity contribution >= 4 is 59.9 Å². The van der Waals surface area contributed by atoms with Crippen molar-refractivity contribution in [3.05, 3.63) is 140 Å². The highest BCUT2D eigenvalue weighted by molar-refractivity contribution is 6.18. The van der Waals surface area contributed by atoms with Crippen molar-refractivity contribution in [3.63, 3.8) is 0 Å². The molecule has 0 N–H and O–H groups in total. The van der Waals surface area contributed by atoms with E-state index < -0.39 is 0 Å². The first-order chi connectivity index (χ1) is 19.8. The van der Waals surface area contributed by atoms with Crippen molar-refractivity contribution < 1.29 is 0 Å². The number of fused-ring (bicyclic) bond motifs is 11. The topological polar surface area (TPSA) is 22.2 Å². The fourth-order valence-electron chi connectivity index (χ4n) is 6.56. The molecule has 4 heterocycles. The van der Waals surface area contributed by atoms with E-state index in [2.05, 4.69) is 142 Å². The van der Waals surface area contributed by atoms with E-state index in [1.165, 1.54) is 54.4 Å². The molecule has 0 saturated carbocycles. The molecule has 3 nitrogen and oxygen atoms in total. The third-order valence-corrected chi connectivity index (χ3v) is 8.31. The van der Waals surface area contributed by atoms with Gasteiger partial charge in [0.15, 0.2) is 0 Å². The SMILES string of the molecule is c1ccc(-c2ccnc(-n3c4ccccc4c4cc5cc6c7ccccc7c7ccccc7n6c5cc43)c2)cc1. The van der Waals surface area contributed by atoms with Crippen molar-refractivity contribution in [2.24, 2.45) is 0 Å². The molecule has 3 heteroatoms. The molecule has 0 unspecified atom stereocenters. The molecule has 0 spiro atoms. The van der Waals surface area contributed by atoms with Crippen LogP contribution in [0.1, 0.15) is 0 Å². The Bertz CT molecular complexity index is 2430. The molecule has 0 radical (unpaired) electrons. The molecule has 0 aliphatic carbocycles. The summed E-state index contributed by atoms with van der Waals surface area (Å²) >= 11 is 0. The normalized spacial score (nSPS) is 12.0. The summed E-state index contributed by atoms with van der Waals surface area (Å²) in [6, 6.07) is 48.0. The molecule has 0 bridgehead atoms. The lowest BCUT2D eigenvalue weighted by atomic mass is 10.1. The summed E-state index contributed by atoms with van der Waals surface area (Å²) in [6.45, 7) is 0. The Balaban J connectivity index is 1.43. The van der Waals surface area contributed by atoms with Gasteiger partial charge in [0, 0.05) is 33.1 Å². The van der Waals surface area contributed by atoms with Crippen LogP contribution in [0.2, 0.25) is 0 Å². The Morgan fingerprint density at radius 1 is 0.400 bits per heavy atom. The standard InChI is InChI=1S/C37H23N3/c1-2-10-24(11-3-1)25-18-19-38-37(22-25)40-33-17-9-7-15-30(33)31-20-26-21-35-29-14-5-4-12-27(29)28-13-6-8-16-32(28)39(35)34(26)23-36(31)40/h1-23H. The van der Waals surface area contributed by atoms with Crippen LogP contribution in [0, 0.1) is 0 Å². The Kier molecular flexibility index (Phi) is 4.33. The molecule has 0 amide bonds. The van der Waals surface area contributed by atoms with Gasteiger partial charge >= 0.3 is 0 Å². The second-order valence-electron chi connectivity index (χ2n) is 10.5. The Labute approximate surface area is 230 Å². The monoisotopic (exact) mass is 509 g/mol. The van der Waals surface area contributed by atoms with Gasteiger partial charge in [-0.15, -0.1) is 0 Å². The first-order valence-corrected chi connectivity index (χ1v) is 13.6. The fraction of sp³-hybridized carbons (Fsp3) is 0. The summed E-state index contributed by atoms with van der Waals surface area (Å²) in [7, 11) is 0. The summed E-state index contributed by atoms with van der Waals surface area (Å²) < 4.78 is 4.75. The van der Waals surface area contributed by atoms with E-state index in [0.717, 1.165) is 22.4 Å². The second kappa shape index (κ2) is 8.05. The van der Waals surface area contributed by atoms with Gasteiger partial charge in [-0.3, -0.25) is 4.57 Å². The van der Waals surface area contributed by atoms with E-state index in [9.17, 15) is 0 Å². The van der Waals surface area contributed by atoms with Gasteiger partial charge in [0.25, 0.3) is 0 Å². The highest BCUT2D eigenvalue weighted by Gasteiger charge is 2.18. The predicted octanol–water partition coefficient (Wildman–Crippen LogP) is 9.56. The Hall–Kier alpha value is -5.41. The minimum atomic E-state index is 0.920. The highest BCUT2D eigenvalue weighted by Crippen LogP contribution is 2.39. The lowest BCUT2D eigenvalue weighted by Crippen LogP contribution is -1.98. The maximum absolute atomic E-state index is 4.88. The predicted molar refractivity (Wildman–Crippen MR) is 167 cm³/mol. The van der Waals surface area contributed by atoms with Crippen LogP contribution >= 0.6 is 0 Å². The van der Waals surface area contributed by atoms with Crippen molar-refractivity contribution in [2.75, 3.05) is 0 Å². The summed E-state index contributed by atoms with van der Waals surface area (Å²) in [5.41, 5.74) is 8.31. The van der Waals surface area contributed by atoms with Crippen LogP contribution in [0.15, 0.2) is 140 Å². The average Bonchev–Trinajstić information content (AvgIpc) is 3.56. The van der Waals surface area contributed by atoms with Gasteiger partial charge in [0.2, 0.25) is 0 Å². The molecule has 0 aliphatic rings. The quantitative estimate of drug-likeness (QED) is 0.213. The first kappa shape index (κ1) is 21.5. The summed E-state index contributed by atoms with van der Waals surface area (Å²) in [5, 5.41) is 7.53. The molecule has 40 heavy (non-hydrogen) atoms. The highest BCUT2D eigenvalue weighted by atomic mass is 15.1. The molecule has 186 valence electrons. The van der Waals surface area contributed by atoms with Gasteiger partial charge in [-0.05, 0) is 59.0 Å². The molecule has 9 rings (SSSR count). The number of benzene rings is 5. The smallest absolute Gasteiger partial charge is 0.138 e. The largest absolute Gasteiger partial charge is 0.309 e. The molecule has 0 aliphatic heterocycles. The van der Waals surface area contributed by atoms with Gasteiger partial charge in [-0.1, -0.05) is 91.0 Å². The number of rotatable bonds is 2. The third-order valence-electron chi connectivity index (χ3n) is 8.31. The van der Waals surface area contributed by atoms with Gasteiger partial charge in [-0.2, -0.15) is 0 Å². The molecule has 9 aromatic rings.